The van der Waals surface area contributed by atoms with E-state index in [1.165, 1.54) is 0 Å². The molecule has 9 heteroatoms. The standard InChI is InChI=1S/C14H24F3N3O2.ClH/c1-13(2,3)10(18)11(21)19-8-9-4-6-20(7-5-9)12(22)14(15,16)17;/h9-10H,4-8,18H2,1-3H3,(H,19,21);1H/t10-;/m1./s1. The number of likely N-dealkylation sites (tertiary alicyclic amines) is 1. The van der Waals surface area contributed by atoms with Gasteiger partial charge in [0.1, 0.15) is 0 Å². The van der Waals surface area contributed by atoms with Crippen molar-refractivity contribution in [1.29, 1.82) is 0 Å². The highest BCUT2D eigenvalue weighted by atomic mass is 35.5. The molecule has 0 aromatic rings. The number of rotatable bonds is 3. The Morgan fingerprint density at radius 3 is 2.09 bits per heavy atom. The van der Waals surface area contributed by atoms with Crippen LogP contribution in [0.15, 0.2) is 0 Å². The molecule has 1 aliphatic heterocycles. The molecule has 0 aromatic heterocycles. The molecule has 0 spiro atoms. The van der Waals surface area contributed by atoms with E-state index in [1.807, 2.05) is 20.8 Å². The van der Waals surface area contributed by atoms with Gasteiger partial charge in [0.05, 0.1) is 6.04 Å². The third kappa shape index (κ3) is 6.55. The molecule has 0 aromatic carbocycles. The predicted molar refractivity (Wildman–Crippen MR) is 83.0 cm³/mol. The van der Waals surface area contributed by atoms with E-state index in [9.17, 15) is 22.8 Å². The van der Waals surface area contributed by atoms with Crippen LogP contribution in [0.1, 0.15) is 33.6 Å². The zero-order chi connectivity index (χ0) is 17.1. The van der Waals surface area contributed by atoms with E-state index < -0.39 is 18.1 Å². The van der Waals surface area contributed by atoms with Gasteiger partial charge in [0.15, 0.2) is 0 Å². The lowest BCUT2D eigenvalue weighted by Gasteiger charge is -2.33. The van der Waals surface area contributed by atoms with Gasteiger partial charge in [-0.2, -0.15) is 13.2 Å². The first-order chi connectivity index (χ1) is 9.93. The first kappa shape index (κ1) is 22.0. The summed E-state index contributed by atoms with van der Waals surface area (Å²) >= 11 is 0. The molecule has 1 rings (SSSR count). The molecule has 2 amide bonds. The number of hydrogen-bond acceptors (Lipinski definition) is 3. The zero-order valence-electron chi connectivity index (χ0n) is 13.6. The van der Waals surface area contributed by atoms with E-state index in [2.05, 4.69) is 5.32 Å². The van der Waals surface area contributed by atoms with Gasteiger partial charge in [-0.15, -0.1) is 12.4 Å². The van der Waals surface area contributed by atoms with Crippen LogP contribution in [0.4, 0.5) is 13.2 Å². The molecule has 0 bridgehead atoms. The first-order valence-electron chi connectivity index (χ1n) is 7.32. The first-order valence-corrected chi connectivity index (χ1v) is 7.32. The molecule has 1 saturated heterocycles. The second-order valence-electron chi connectivity index (χ2n) is 6.82. The summed E-state index contributed by atoms with van der Waals surface area (Å²) in [5, 5.41) is 2.74. The molecule has 0 unspecified atom stereocenters. The largest absolute Gasteiger partial charge is 0.471 e. The van der Waals surface area contributed by atoms with E-state index in [0.29, 0.717) is 19.4 Å². The molecular formula is C14H25ClF3N3O2. The molecule has 0 aliphatic carbocycles. The quantitative estimate of drug-likeness (QED) is 0.805. The number of hydrogen-bond donors (Lipinski definition) is 2. The molecule has 1 heterocycles. The van der Waals surface area contributed by atoms with Crippen molar-refractivity contribution < 1.29 is 22.8 Å². The minimum Gasteiger partial charge on any atom is -0.354 e. The van der Waals surface area contributed by atoms with Gasteiger partial charge in [-0.1, -0.05) is 20.8 Å². The Labute approximate surface area is 140 Å². The average molecular weight is 360 g/mol. The van der Waals surface area contributed by atoms with Crippen LogP contribution >= 0.6 is 12.4 Å². The van der Waals surface area contributed by atoms with E-state index in [1.54, 1.807) is 0 Å². The van der Waals surface area contributed by atoms with Gasteiger partial charge >= 0.3 is 12.1 Å². The van der Waals surface area contributed by atoms with Crippen LogP contribution in [0.3, 0.4) is 0 Å². The maximum atomic E-state index is 12.3. The molecular weight excluding hydrogens is 335 g/mol. The van der Waals surface area contributed by atoms with Crippen molar-refractivity contribution in [3.05, 3.63) is 0 Å². The van der Waals surface area contributed by atoms with Crippen molar-refractivity contribution in [2.75, 3.05) is 19.6 Å². The summed E-state index contributed by atoms with van der Waals surface area (Å²) in [7, 11) is 0. The summed E-state index contributed by atoms with van der Waals surface area (Å²) < 4.78 is 37.0. The Balaban J connectivity index is 0.00000484. The maximum absolute atomic E-state index is 12.3. The van der Waals surface area contributed by atoms with Crippen LogP contribution in [-0.4, -0.2) is 48.6 Å². The molecule has 0 radical (unpaired) electrons. The Morgan fingerprint density at radius 2 is 1.70 bits per heavy atom. The SMILES string of the molecule is CC(C)(C)[C@H](N)C(=O)NCC1CCN(C(=O)C(F)(F)F)CC1.Cl. The molecule has 3 N–H and O–H groups in total. The van der Waals surface area contributed by atoms with Gasteiger partial charge in [-0.3, -0.25) is 9.59 Å². The number of nitrogens with two attached hydrogens (primary N) is 1. The molecule has 23 heavy (non-hydrogen) atoms. The summed E-state index contributed by atoms with van der Waals surface area (Å²) in [6.45, 7) is 6.07. The fourth-order valence-corrected chi connectivity index (χ4v) is 2.27. The topological polar surface area (TPSA) is 75.4 Å². The molecule has 5 nitrogen and oxygen atoms in total. The highest BCUT2D eigenvalue weighted by molar-refractivity contribution is 5.85. The normalized spacial score (nSPS) is 18.1. The lowest BCUT2D eigenvalue weighted by molar-refractivity contribution is -0.186. The number of nitrogens with zero attached hydrogens (tertiary/aromatic N) is 1. The van der Waals surface area contributed by atoms with Crippen molar-refractivity contribution >= 4 is 24.2 Å². The third-order valence-electron chi connectivity index (χ3n) is 3.92. The fraction of sp³-hybridized carbons (Fsp3) is 0.857. The Bertz CT molecular complexity index is 416. The van der Waals surface area contributed by atoms with Crippen molar-refractivity contribution in [1.82, 2.24) is 10.2 Å². The number of alkyl halides is 3. The van der Waals surface area contributed by atoms with Crippen molar-refractivity contribution in [2.24, 2.45) is 17.1 Å². The van der Waals surface area contributed by atoms with Crippen molar-refractivity contribution in [3.63, 3.8) is 0 Å². The fourth-order valence-electron chi connectivity index (χ4n) is 2.27. The molecule has 0 saturated carbocycles. The zero-order valence-corrected chi connectivity index (χ0v) is 14.4. The van der Waals surface area contributed by atoms with Crippen molar-refractivity contribution in [3.8, 4) is 0 Å². The number of nitrogens with one attached hydrogen (secondary N) is 1. The summed E-state index contributed by atoms with van der Waals surface area (Å²) in [5.41, 5.74) is 5.48. The number of piperidine rings is 1. The van der Waals surface area contributed by atoms with Gasteiger partial charge in [-0.05, 0) is 24.2 Å². The Morgan fingerprint density at radius 1 is 1.22 bits per heavy atom. The summed E-state index contributed by atoms with van der Waals surface area (Å²) in [4.78, 5) is 23.8. The van der Waals surface area contributed by atoms with Crippen molar-refractivity contribution in [2.45, 2.75) is 45.8 Å². The van der Waals surface area contributed by atoms with Gasteiger partial charge in [-0.25, -0.2) is 0 Å². The highest BCUT2D eigenvalue weighted by Gasteiger charge is 2.43. The van der Waals surface area contributed by atoms with E-state index in [-0.39, 0.29) is 42.7 Å². The Hall–Kier alpha value is -1.02. The summed E-state index contributed by atoms with van der Waals surface area (Å²) in [6, 6.07) is -0.639. The minimum absolute atomic E-state index is 0. The van der Waals surface area contributed by atoms with Crippen LogP contribution < -0.4 is 11.1 Å². The second kappa shape index (κ2) is 8.19. The maximum Gasteiger partial charge on any atom is 0.471 e. The Kier molecular flexibility index (Phi) is 7.83. The molecule has 1 fully saturated rings. The smallest absolute Gasteiger partial charge is 0.354 e. The minimum atomic E-state index is -4.82. The van der Waals surface area contributed by atoms with Gasteiger partial charge in [0, 0.05) is 19.6 Å². The molecule has 136 valence electrons. The van der Waals surface area contributed by atoms with E-state index >= 15 is 0 Å². The van der Waals surface area contributed by atoms with E-state index in [0.717, 1.165) is 4.90 Å². The number of carbonyl (C=O) groups is 2. The van der Waals surface area contributed by atoms with Crippen LogP contribution in [0.2, 0.25) is 0 Å². The van der Waals surface area contributed by atoms with Crippen LogP contribution in [0.5, 0.6) is 0 Å². The molecule has 1 atom stereocenters. The number of carbonyl (C=O) groups excluding carboxylic acids is 2. The number of halogens is 4. The van der Waals surface area contributed by atoms with Gasteiger partial charge in [0.2, 0.25) is 5.91 Å². The summed E-state index contributed by atoms with van der Waals surface area (Å²) in [6.07, 6.45) is -3.94. The highest BCUT2D eigenvalue weighted by Crippen LogP contribution is 2.23. The van der Waals surface area contributed by atoms with Gasteiger partial charge < -0.3 is 16.0 Å². The van der Waals surface area contributed by atoms with Crippen LogP contribution in [-0.2, 0) is 9.59 Å². The number of amides is 2. The lowest BCUT2D eigenvalue weighted by Crippen LogP contribution is -2.51. The second-order valence-corrected chi connectivity index (χ2v) is 6.82. The lowest BCUT2D eigenvalue weighted by atomic mass is 9.86. The van der Waals surface area contributed by atoms with Gasteiger partial charge in [0.25, 0.3) is 0 Å². The van der Waals surface area contributed by atoms with E-state index in [4.69, 9.17) is 5.73 Å². The predicted octanol–water partition coefficient (Wildman–Crippen LogP) is 1.70. The van der Waals surface area contributed by atoms with Crippen LogP contribution in [0, 0.1) is 11.3 Å². The van der Waals surface area contributed by atoms with Crippen LogP contribution in [0.25, 0.3) is 0 Å². The molecule has 1 aliphatic rings. The third-order valence-corrected chi connectivity index (χ3v) is 3.92. The monoisotopic (exact) mass is 359 g/mol. The average Bonchev–Trinajstić information content (AvgIpc) is 2.41. The summed E-state index contributed by atoms with van der Waals surface area (Å²) in [5.74, 6) is -1.99.